The van der Waals surface area contributed by atoms with Gasteiger partial charge in [0.2, 0.25) is 0 Å². The Morgan fingerprint density at radius 2 is 1.08 bits per heavy atom. The van der Waals surface area contributed by atoms with Crippen molar-refractivity contribution in [3.8, 4) is 0 Å². The van der Waals surface area contributed by atoms with Crippen molar-refractivity contribution in [1.82, 2.24) is 0 Å². The van der Waals surface area contributed by atoms with E-state index >= 15 is 0 Å². The zero-order valence-corrected chi connectivity index (χ0v) is 24.4. The highest BCUT2D eigenvalue weighted by atomic mass is 16.4. The van der Waals surface area contributed by atoms with E-state index in [9.17, 15) is 19.8 Å². The molecule has 0 radical (unpaired) electrons. The lowest BCUT2D eigenvalue weighted by atomic mass is 9.27. The monoisotopic (exact) mass is 526 g/mol. The highest BCUT2D eigenvalue weighted by Crippen LogP contribution is 2.83. The molecule has 0 aliphatic heterocycles. The van der Waals surface area contributed by atoms with Crippen molar-refractivity contribution in [2.24, 2.45) is 44.3 Å². The van der Waals surface area contributed by atoms with Gasteiger partial charge in [0, 0.05) is 0 Å². The summed E-state index contributed by atoms with van der Waals surface area (Å²) in [5, 5.41) is 21.5. The SMILES string of the molecule is CCCCCCC12CC3(CCCCCC)CC(C(=O)O)(C1)CC(C14CC5CC(CC(C(=O)O)(C5)C1)C4)(C2)C3. The summed E-state index contributed by atoms with van der Waals surface area (Å²) in [7, 11) is 0. The van der Waals surface area contributed by atoms with Crippen molar-refractivity contribution < 1.29 is 19.8 Å². The van der Waals surface area contributed by atoms with Gasteiger partial charge < -0.3 is 10.2 Å². The zero-order chi connectivity index (χ0) is 26.9. The van der Waals surface area contributed by atoms with Gasteiger partial charge >= 0.3 is 11.9 Å². The molecule has 8 bridgehead atoms. The maximum Gasteiger partial charge on any atom is 0.309 e. The fourth-order valence-corrected chi connectivity index (χ4v) is 13.4. The van der Waals surface area contributed by atoms with Crippen LogP contribution in [0.3, 0.4) is 0 Å². The molecular weight excluding hydrogens is 472 g/mol. The van der Waals surface area contributed by atoms with Crippen LogP contribution in [0.1, 0.15) is 155 Å². The van der Waals surface area contributed by atoms with E-state index in [-0.39, 0.29) is 21.7 Å². The molecule has 0 amide bonds. The Morgan fingerprint density at radius 1 is 0.579 bits per heavy atom. The predicted octanol–water partition coefficient (Wildman–Crippen LogP) is 9.01. The van der Waals surface area contributed by atoms with Crippen molar-refractivity contribution in [3.63, 3.8) is 0 Å². The molecule has 8 aliphatic rings. The van der Waals surface area contributed by atoms with Gasteiger partial charge in [-0.15, -0.1) is 0 Å². The van der Waals surface area contributed by atoms with Crippen LogP contribution < -0.4 is 0 Å². The summed E-state index contributed by atoms with van der Waals surface area (Å²) in [6.45, 7) is 4.55. The Hall–Kier alpha value is -1.06. The average Bonchev–Trinajstić information content (AvgIpc) is 2.83. The third kappa shape index (κ3) is 4.03. The minimum absolute atomic E-state index is 0.0358. The molecule has 214 valence electrons. The number of unbranched alkanes of at least 4 members (excludes halogenated alkanes) is 6. The van der Waals surface area contributed by atoms with Crippen LogP contribution in [0.25, 0.3) is 0 Å². The quantitative estimate of drug-likeness (QED) is 0.235. The zero-order valence-electron chi connectivity index (χ0n) is 24.4. The molecule has 0 heterocycles. The molecule has 4 atom stereocenters. The van der Waals surface area contributed by atoms with E-state index in [1.54, 1.807) is 0 Å². The first kappa shape index (κ1) is 27.1. The molecule has 4 nitrogen and oxygen atoms in total. The van der Waals surface area contributed by atoms with Crippen molar-refractivity contribution in [1.29, 1.82) is 0 Å². The molecule has 2 N–H and O–H groups in total. The molecule has 0 aromatic heterocycles. The Kier molecular flexibility index (Phi) is 6.59. The standard InChI is InChI=1S/C34H54O4/c1-3-5-7-9-11-29-18-30(12-10-8-6-4-2)20-32(19-29,28(37)38)24-34(21-29,22-30)33-16-25-13-26(17-33)15-31(14-25,23-33)27(35)36/h25-26H,3-24H2,1-2H3,(H,35,36)(H,37,38). The minimum atomic E-state index is -0.579. The Labute approximate surface area is 231 Å². The maximum absolute atomic E-state index is 13.3. The molecular formula is C34H54O4. The number of carboxylic acids is 2. The molecule has 4 unspecified atom stereocenters. The van der Waals surface area contributed by atoms with Gasteiger partial charge in [0.25, 0.3) is 0 Å². The van der Waals surface area contributed by atoms with Gasteiger partial charge in [-0.05, 0) is 123 Å². The number of carboxylic acid groups (broad SMARTS) is 2. The lowest BCUT2D eigenvalue weighted by Gasteiger charge is -2.77. The second-order valence-electron chi connectivity index (χ2n) is 16.4. The van der Waals surface area contributed by atoms with Crippen LogP contribution in [0, 0.1) is 44.3 Å². The van der Waals surface area contributed by atoms with Crippen LogP contribution in [0.4, 0.5) is 0 Å². The first-order valence-electron chi connectivity index (χ1n) is 16.5. The summed E-state index contributed by atoms with van der Waals surface area (Å²) in [6.07, 6.45) is 24.9. The molecule has 0 spiro atoms. The summed E-state index contributed by atoms with van der Waals surface area (Å²) in [5.74, 6) is 0.0241. The predicted molar refractivity (Wildman–Crippen MR) is 150 cm³/mol. The lowest BCUT2D eigenvalue weighted by molar-refractivity contribution is -0.280. The van der Waals surface area contributed by atoms with Gasteiger partial charge in [-0.25, -0.2) is 0 Å². The highest BCUT2D eigenvalue weighted by Gasteiger charge is 2.76. The number of aliphatic carboxylic acids is 2. The topological polar surface area (TPSA) is 74.6 Å². The van der Waals surface area contributed by atoms with E-state index in [1.807, 2.05) is 0 Å². The fraction of sp³-hybridized carbons (Fsp3) is 0.941. The summed E-state index contributed by atoms with van der Waals surface area (Å²) < 4.78 is 0. The first-order valence-corrected chi connectivity index (χ1v) is 16.5. The Balaban J connectivity index is 1.41. The smallest absolute Gasteiger partial charge is 0.309 e. The van der Waals surface area contributed by atoms with Crippen LogP contribution in [0.2, 0.25) is 0 Å². The third-order valence-electron chi connectivity index (χ3n) is 13.5. The van der Waals surface area contributed by atoms with E-state index in [0.29, 0.717) is 11.8 Å². The highest BCUT2D eigenvalue weighted by molar-refractivity contribution is 5.77. The summed E-state index contributed by atoms with van der Waals surface area (Å²) in [5.41, 5.74) is -0.706. The van der Waals surface area contributed by atoms with E-state index < -0.39 is 22.8 Å². The molecule has 38 heavy (non-hydrogen) atoms. The van der Waals surface area contributed by atoms with Gasteiger partial charge in [-0.2, -0.15) is 0 Å². The van der Waals surface area contributed by atoms with Gasteiger partial charge in [0.05, 0.1) is 10.8 Å². The minimum Gasteiger partial charge on any atom is -0.481 e. The van der Waals surface area contributed by atoms with Gasteiger partial charge in [-0.1, -0.05) is 65.2 Å². The fourth-order valence-electron chi connectivity index (χ4n) is 13.4. The number of hydrogen-bond donors (Lipinski definition) is 2. The number of rotatable bonds is 13. The molecule has 8 saturated carbocycles. The molecule has 0 saturated heterocycles. The first-order chi connectivity index (χ1) is 18.1. The third-order valence-corrected chi connectivity index (χ3v) is 13.5. The van der Waals surface area contributed by atoms with E-state index in [4.69, 9.17) is 0 Å². The average molecular weight is 527 g/mol. The van der Waals surface area contributed by atoms with Crippen molar-refractivity contribution in [3.05, 3.63) is 0 Å². The van der Waals surface area contributed by atoms with Gasteiger partial charge in [-0.3, -0.25) is 9.59 Å². The summed E-state index contributed by atoms with van der Waals surface area (Å²) in [4.78, 5) is 26.2. The molecule has 4 heteroatoms. The summed E-state index contributed by atoms with van der Waals surface area (Å²) in [6, 6.07) is 0. The molecule has 8 fully saturated rings. The van der Waals surface area contributed by atoms with Gasteiger partial charge in [0.1, 0.15) is 0 Å². The van der Waals surface area contributed by atoms with Crippen LogP contribution in [0.15, 0.2) is 0 Å². The number of hydrogen-bond acceptors (Lipinski definition) is 2. The van der Waals surface area contributed by atoms with Crippen LogP contribution in [-0.2, 0) is 9.59 Å². The largest absolute Gasteiger partial charge is 0.481 e. The maximum atomic E-state index is 13.3. The molecule has 8 aliphatic carbocycles. The van der Waals surface area contributed by atoms with Crippen LogP contribution in [0.5, 0.6) is 0 Å². The molecule has 0 aromatic carbocycles. The summed E-state index contributed by atoms with van der Waals surface area (Å²) >= 11 is 0. The van der Waals surface area contributed by atoms with Crippen molar-refractivity contribution in [2.75, 3.05) is 0 Å². The Morgan fingerprint density at radius 3 is 1.55 bits per heavy atom. The van der Waals surface area contributed by atoms with Crippen LogP contribution in [-0.4, -0.2) is 22.2 Å². The van der Waals surface area contributed by atoms with Crippen LogP contribution >= 0.6 is 0 Å². The lowest BCUT2D eigenvalue weighted by Crippen LogP contribution is -2.70. The second kappa shape index (κ2) is 9.23. The molecule has 8 rings (SSSR count). The Bertz CT molecular complexity index is 908. The van der Waals surface area contributed by atoms with E-state index in [0.717, 1.165) is 38.5 Å². The normalized spacial score (nSPS) is 48.1. The van der Waals surface area contributed by atoms with Crippen molar-refractivity contribution >= 4 is 11.9 Å². The number of carbonyl (C=O) groups is 2. The van der Waals surface area contributed by atoms with Gasteiger partial charge in [0.15, 0.2) is 0 Å². The van der Waals surface area contributed by atoms with E-state index in [2.05, 4.69) is 13.8 Å². The second-order valence-corrected chi connectivity index (χ2v) is 16.4. The van der Waals surface area contributed by atoms with Crippen molar-refractivity contribution in [2.45, 2.75) is 155 Å². The molecule has 0 aromatic rings. The van der Waals surface area contributed by atoms with E-state index in [1.165, 1.54) is 103 Å².